The normalized spacial score (nSPS) is 13.6. The number of benzene rings is 1. The highest BCUT2D eigenvalue weighted by Crippen LogP contribution is 2.20. The lowest BCUT2D eigenvalue weighted by Gasteiger charge is -2.28. The van der Waals surface area contributed by atoms with E-state index in [1.165, 1.54) is 11.1 Å². The number of amides is 1. The maximum atomic E-state index is 12.7. The molecule has 0 aliphatic carbocycles. The van der Waals surface area contributed by atoms with Gasteiger partial charge in [-0.2, -0.15) is 0 Å². The number of carbonyl (C=O) groups is 1. The van der Waals surface area contributed by atoms with Crippen molar-refractivity contribution in [1.29, 1.82) is 0 Å². The molecule has 1 aromatic carbocycles. The van der Waals surface area contributed by atoms with Gasteiger partial charge >= 0.3 is 0 Å². The topological polar surface area (TPSA) is 49.3 Å². The van der Waals surface area contributed by atoms with Crippen molar-refractivity contribution in [2.45, 2.75) is 26.8 Å². The zero-order valence-electron chi connectivity index (χ0n) is 13.7. The minimum absolute atomic E-state index is 0.00519. The van der Waals surface area contributed by atoms with Gasteiger partial charge in [0.15, 0.2) is 0 Å². The molecule has 1 aliphatic heterocycles. The summed E-state index contributed by atoms with van der Waals surface area (Å²) in [5.74, 6) is 0.682. The number of anilines is 1. The first-order valence-electron chi connectivity index (χ1n) is 8.16. The SMILES string of the molecule is CCN(CC)c1ncc(C(=O)N2CCc3ccccc3C2)cn1. The fourth-order valence-electron chi connectivity index (χ4n) is 2.95. The molecule has 2 aromatic rings. The van der Waals surface area contributed by atoms with Crippen LogP contribution >= 0.6 is 0 Å². The van der Waals surface area contributed by atoms with Crippen molar-refractivity contribution in [2.75, 3.05) is 24.5 Å². The number of nitrogens with zero attached hydrogens (tertiary/aromatic N) is 4. The highest BCUT2D eigenvalue weighted by Gasteiger charge is 2.22. The van der Waals surface area contributed by atoms with Crippen molar-refractivity contribution in [3.63, 3.8) is 0 Å². The van der Waals surface area contributed by atoms with E-state index in [1.54, 1.807) is 12.4 Å². The van der Waals surface area contributed by atoms with Crippen molar-refractivity contribution in [1.82, 2.24) is 14.9 Å². The van der Waals surface area contributed by atoms with Crippen LogP contribution in [0.3, 0.4) is 0 Å². The highest BCUT2D eigenvalue weighted by atomic mass is 16.2. The van der Waals surface area contributed by atoms with Gasteiger partial charge < -0.3 is 9.80 Å². The Morgan fingerprint density at radius 3 is 2.43 bits per heavy atom. The Hall–Kier alpha value is -2.43. The fourth-order valence-corrected chi connectivity index (χ4v) is 2.95. The summed E-state index contributed by atoms with van der Waals surface area (Å²) in [6.45, 7) is 7.24. The molecule has 1 aromatic heterocycles. The second-order valence-electron chi connectivity index (χ2n) is 5.69. The van der Waals surface area contributed by atoms with Crippen LogP contribution in [-0.4, -0.2) is 40.4 Å². The average molecular weight is 310 g/mol. The van der Waals surface area contributed by atoms with Gasteiger partial charge in [-0.15, -0.1) is 0 Å². The van der Waals surface area contributed by atoms with E-state index < -0.39 is 0 Å². The van der Waals surface area contributed by atoms with E-state index in [1.807, 2.05) is 11.0 Å². The van der Waals surface area contributed by atoms with Crippen LogP contribution in [0.1, 0.15) is 35.3 Å². The molecule has 0 bridgehead atoms. The van der Waals surface area contributed by atoms with Crippen LogP contribution in [0.5, 0.6) is 0 Å². The number of hydrogen-bond acceptors (Lipinski definition) is 4. The quantitative estimate of drug-likeness (QED) is 0.871. The smallest absolute Gasteiger partial charge is 0.257 e. The summed E-state index contributed by atoms with van der Waals surface area (Å²) < 4.78 is 0. The molecule has 0 fully saturated rings. The number of aromatic nitrogens is 2. The van der Waals surface area contributed by atoms with E-state index in [4.69, 9.17) is 0 Å². The second-order valence-corrected chi connectivity index (χ2v) is 5.69. The minimum atomic E-state index is 0.00519. The van der Waals surface area contributed by atoms with Gasteiger partial charge in [-0.05, 0) is 31.4 Å². The Morgan fingerprint density at radius 1 is 1.13 bits per heavy atom. The molecular formula is C18H22N4O. The molecule has 1 amide bonds. The molecule has 0 saturated carbocycles. The molecule has 0 radical (unpaired) electrons. The van der Waals surface area contributed by atoms with Gasteiger partial charge in [0, 0.05) is 38.6 Å². The lowest BCUT2D eigenvalue weighted by molar-refractivity contribution is 0.0734. The van der Waals surface area contributed by atoms with Crippen molar-refractivity contribution < 1.29 is 4.79 Å². The van der Waals surface area contributed by atoms with E-state index in [0.717, 1.165) is 26.1 Å². The first kappa shape index (κ1) is 15.5. The van der Waals surface area contributed by atoms with Crippen molar-refractivity contribution >= 4 is 11.9 Å². The van der Waals surface area contributed by atoms with Crippen LogP contribution in [0.25, 0.3) is 0 Å². The van der Waals surface area contributed by atoms with E-state index in [9.17, 15) is 4.79 Å². The molecule has 2 heterocycles. The molecule has 3 rings (SSSR count). The summed E-state index contributed by atoms with van der Waals surface area (Å²) in [5, 5.41) is 0. The minimum Gasteiger partial charge on any atom is -0.341 e. The molecule has 0 N–H and O–H groups in total. The van der Waals surface area contributed by atoms with Gasteiger partial charge in [-0.25, -0.2) is 9.97 Å². The molecule has 1 aliphatic rings. The molecule has 5 heteroatoms. The molecule has 120 valence electrons. The predicted octanol–water partition coefficient (Wildman–Crippen LogP) is 2.52. The molecule has 0 saturated heterocycles. The Balaban J connectivity index is 1.74. The summed E-state index contributed by atoms with van der Waals surface area (Å²) >= 11 is 0. The lowest BCUT2D eigenvalue weighted by atomic mass is 9.99. The molecule has 0 atom stereocenters. The third-order valence-corrected chi connectivity index (χ3v) is 4.35. The van der Waals surface area contributed by atoms with Crippen molar-refractivity contribution in [3.05, 3.63) is 53.3 Å². The van der Waals surface area contributed by atoms with Crippen LogP contribution in [-0.2, 0) is 13.0 Å². The first-order chi connectivity index (χ1) is 11.2. The lowest BCUT2D eigenvalue weighted by Crippen LogP contribution is -2.36. The third-order valence-electron chi connectivity index (χ3n) is 4.35. The summed E-state index contributed by atoms with van der Waals surface area (Å²) in [5.41, 5.74) is 3.12. The van der Waals surface area contributed by atoms with E-state index in [0.29, 0.717) is 18.1 Å². The maximum absolute atomic E-state index is 12.7. The summed E-state index contributed by atoms with van der Waals surface area (Å²) in [6.07, 6.45) is 4.19. The van der Waals surface area contributed by atoms with Crippen LogP contribution in [0, 0.1) is 0 Å². The van der Waals surface area contributed by atoms with Gasteiger partial charge in [0.25, 0.3) is 5.91 Å². The Labute approximate surface area is 137 Å². The van der Waals surface area contributed by atoms with Gasteiger partial charge in [0.2, 0.25) is 5.95 Å². The molecule has 5 nitrogen and oxygen atoms in total. The monoisotopic (exact) mass is 310 g/mol. The third kappa shape index (κ3) is 3.18. The van der Waals surface area contributed by atoms with Gasteiger partial charge in [0.05, 0.1) is 5.56 Å². The van der Waals surface area contributed by atoms with Crippen LogP contribution in [0.15, 0.2) is 36.7 Å². The molecule has 0 unspecified atom stereocenters. The van der Waals surface area contributed by atoms with Crippen LogP contribution < -0.4 is 4.90 Å². The molecular weight excluding hydrogens is 288 g/mol. The van der Waals surface area contributed by atoms with Gasteiger partial charge in [-0.1, -0.05) is 24.3 Å². The summed E-state index contributed by atoms with van der Waals surface area (Å²) in [4.78, 5) is 25.3. The number of hydrogen-bond donors (Lipinski definition) is 0. The largest absolute Gasteiger partial charge is 0.341 e. The number of rotatable bonds is 4. The van der Waals surface area contributed by atoms with Crippen molar-refractivity contribution in [2.24, 2.45) is 0 Å². The van der Waals surface area contributed by atoms with E-state index in [2.05, 4.69) is 46.9 Å². The first-order valence-corrected chi connectivity index (χ1v) is 8.16. The average Bonchev–Trinajstić information content (AvgIpc) is 2.62. The van der Waals surface area contributed by atoms with E-state index >= 15 is 0 Å². The molecule has 0 spiro atoms. The van der Waals surface area contributed by atoms with Gasteiger partial charge in [-0.3, -0.25) is 4.79 Å². The second kappa shape index (κ2) is 6.77. The predicted molar refractivity (Wildman–Crippen MR) is 90.5 cm³/mol. The van der Waals surface area contributed by atoms with Crippen LogP contribution in [0.4, 0.5) is 5.95 Å². The standard InChI is InChI=1S/C18H22N4O/c1-3-21(4-2)18-19-11-16(12-20-18)17(23)22-10-9-14-7-5-6-8-15(14)13-22/h5-8,11-12H,3-4,9-10,13H2,1-2H3. The summed E-state index contributed by atoms with van der Waals surface area (Å²) in [7, 11) is 0. The Kier molecular flexibility index (Phi) is 4.55. The fraction of sp³-hybridized carbons (Fsp3) is 0.389. The maximum Gasteiger partial charge on any atom is 0.257 e. The number of fused-ring (bicyclic) bond motifs is 1. The number of carbonyl (C=O) groups excluding carboxylic acids is 1. The Bertz CT molecular complexity index is 680. The summed E-state index contributed by atoms with van der Waals surface area (Å²) in [6, 6.07) is 8.30. The zero-order chi connectivity index (χ0) is 16.2. The highest BCUT2D eigenvalue weighted by molar-refractivity contribution is 5.93. The van der Waals surface area contributed by atoms with Crippen molar-refractivity contribution in [3.8, 4) is 0 Å². The van der Waals surface area contributed by atoms with E-state index in [-0.39, 0.29) is 5.91 Å². The molecule has 23 heavy (non-hydrogen) atoms. The Morgan fingerprint density at radius 2 is 1.78 bits per heavy atom. The van der Waals surface area contributed by atoms with Crippen LogP contribution in [0.2, 0.25) is 0 Å². The zero-order valence-corrected chi connectivity index (χ0v) is 13.7. The van der Waals surface area contributed by atoms with Gasteiger partial charge in [0.1, 0.15) is 0 Å².